The average molecular weight is 326 g/mol. The van der Waals surface area contributed by atoms with E-state index < -0.39 is 0 Å². The van der Waals surface area contributed by atoms with Gasteiger partial charge in [0, 0.05) is 29.9 Å². The van der Waals surface area contributed by atoms with Crippen LogP contribution in [0.1, 0.15) is 51.4 Å². The number of hydrogen-bond donors (Lipinski definition) is 0. The summed E-state index contributed by atoms with van der Waals surface area (Å²) in [5, 5.41) is 0. The first-order valence-corrected chi connectivity index (χ1v) is 8.69. The minimum atomic E-state index is -0.362. The third kappa shape index (κ3) is 4.50. The molecule has 2 aromatic rings. The summed E-state index contributed by atoms with van der Waals surface area (Å²) in [5.74, 6) is 0.195. The summed E-state index contributed by atoms with van der Waals surface area (Å²) in [6, 6.07) is 13.0. The highest BCUT2D eigenvalue weighted by Crippen LogP contribution is 2.22. The first-order chi connectivity index (χ1) is 11.2. The van der Waals surface area contributed by atoms with Gasteiger partial charge < -0.3 is 9.47 Å². The lowest BCUT2D eigenvalue weighted by Crippen LogP contribution is -2.43. The van der Waals surface area contributed by atoms with Gasteiger partial charge in [-0.1, -0.05) is 50.6 Å². The highest BCUT2D eigenvalue weighted by molar-refractivity contribution is 5.81. The molecule has 0 aliphatic heterocycles. The molecule has 0 unspecified atom stereocenters. The molecule has 0 fully saturated rings. The van der Waals surface area contributed by atoms with Crippen molar-refractivity contribution in [3.05, 3.63) is 59.4 Å². The normalized spacial score (nSPS) is 11.8. The van der Waals surface area contributed by atoms with Crippen molar-refractivity contribution in [3.8, 4) is 0 Å². The van der Waals surface area contributed by atoms with E-state index in [1.807, 2.05) is 25.7 Å². The van der Waals surface area contributed by atoms with Gasteiger partial charge in [0.2, 0.25) is 5.91 Å². The quantitative estimate of drug-likeness (QED) is 0.786. The van der Waals surface area contributed by atoms with Gasteiger partial charge in [-0.2, -0.15) is 0 Å². The zero-order valence-corrected chi connectivity index (χ0v) is 15.8. The smallest absolute Gasteiger partial charge is 0.228 e. The molecular weight excluding hydrogens is 296 g/mol. The number of rotatable bonds is 5. The molecular formula is C21H30N2O. The van der Waals surface area contributed by atoms with Gasteiger partial charge in [-0.15, -0.1) is 0 Å². The van der Waals surface area contributed by atoms with Gasteiger partial charge in [-0.25, -0.2) is 0 Å². The number of carbonyl (C=O) groups is 1. The van der Waals surface area contributed by atoms with E-state index in [4.69, 9.17) is 0 Å². The summed E-state index contributed by atoms with van der Waals surface area (Å²) < 4.78 is 2.23. The van der Waals surface area contributed by atoms with Crippen LogP contribution in [-0.2, 0) is 17.9 Å². The molecule has 0 bridgehead atoms. The third-order valence-electron chi connectivity index (χ3n) is 4.26. The van der Waals surface area contributed by atoms with E-state index in [9.17, 15) is 4.79 Å². The van der Waals surface area contributed by atoms with E-state index >= 15 is 0 Å². The molecule has 0 aliphatic rings. The van der Waals surface area contributed by atoms with Crippen LogP contribution >= 0.6 is 0 Å². The molecule has 3 nitrogen and oxygen atoms in total. The van der Waals surface area contributed by atoms with Crippen molar-refractivity contribution in [2.24, 2.45) is 5.41 Å². The maximum atomic E-state index is 12.8. The van der Waals surface area contributed by atoms with Crippen LogP contribution in [0.15, 0.2) is 42.6 Å². The molecule has 1 aromatic heterocycles. The van der Waals surface area contributed by atoms with Crippen LogP contribution in [-0.4, -0.2) is 21.4 Å². The zero-order chi connectivity index (χ0) is 17.9. The Labute approximate surface area is 146 Å². The van der Waals surface area contributed by atoms with Crippen molar-refractivity contribution < 1.29 is 4.79 Å². The van der Waals surface area contributed by atoms with Gasteiger partial charge in [0.05, 0.1) is 6.54 Å². The SMILES string of the molecule is Cc1ccc(Cn2cccc2CN(C(=O)C(C)(C)C)C(C)C)cc1. The lowest BCUT2D eigenvalue weighted by Gasteiger charge is -2.33. The second-order valence-corrected chi connectivity index (χ2v) is 7.89. The Bertz CT molecular complexity index is 675. The van der Waals surface area contributed by atoms with E-state index in [1.54, 1.807) is 0 Å². The standard InChI is InChI=1S/C21H30N2O/c1-16(2)23(20(24)21(4,5)6)15-19-8-7-13-22(19)14-18-11-9-17(3)10-12-18/h7-13,16H,14-15H2,1-6H3. The van der Waals surface area contributed by atoms with E-state index in [-0.39, 0.29) is 17.4 Å². The largest absolute Gasteiger partial charge is 0.345 e. The summed E-state index contributed by atoms with van der Waals surface area (Å²) in [5.41, 5.74) is 3.35. The average Bonchev–Trinajstić information content (AvgIpc) is 2.92. The second kappa shape index (κ2) is 7.25. The number of amides is 1. The molecule has 1 amide bonds. The molecule has 3 heteroatoms. The predicted molar refractivity (Wildman–Crippen MR) is 99.9 cm³/mol. The molecule has 0 radical (unpaired) electrons. The number of aryl methyl sites for hydroxylation is 1. The van der Waals surface area contributed by atoms with Crippen molar-refractivity contribution in [2.75, 3.05) is 0 Å². The van der Waals surface area contributed by atoms with Crippen molar-refractivity contribution in [2.45, 2.75) is 60.7 Å². The Morgan fingerprint density at radius 2 is 1.75 bits per heavy atom. The topological polar surface area (TPSA) is 25.2 Å². The molecule has 0 atom stereocenters. The third-order valence-corrected chi connectivity index (χ3v) is 4.26. The van der Waals surface area contributed by atoms with E-state index in [0.29, 0.717) is 6.54 Å². The number of nitrogens with zero attached hydrogens (tertiary/aromatic N) is 2. The van der Waals surface area contributed by atoms with Crippen LogP contribution in [0.25, 0.3) is 0 Å². The summed E-state index contributed by atoms with van der Waals surface area (Å²) in [6.45, 7) is 13.7. The highest BCUT2D eigenvalue weighted by atomic mass is 16.2. The monoisotopic (exact) mass is 326 g/mol. The van der Waals surface area contributed by atoms with Crippen LogP contribution in [0, 0.1) is 12.3 Å². The van der Waals surface area contributed by atoms with Gasteiger partial charge in [0.25, 0.3) is 0 Å². The molecule has 0 aliphatic carbocycles. The highest BCUT2D eigenvalue weighted by Gasteiger charge is 2.29. The lowest BCUT2D eigenvalue weighted by molar-refractivity contribution is -0.142. The summed E-state index contributed by atoms with van der Waals surface area (Å²) >= 11 is 0. The van der Waals surface area contributed by atoms with E-state index in [0.717, 1.165) is 6.54 Å². The molecule has 1 heterocycles. The maximum Gasteiger partial charge on any atom is 0.228 e. The second-order valence-electron chi connectivity index (χ2n) is 7.89. The maximum absolute atomic E-state index is 12.8. The first kappa shape index (κ1) is 18.3. The minimum absolute atomic E-state index is 0.180. The number of aromatic nitrogens is 1. The van der Waals surface area contributed by atoms with E-state index in [1.165, 1.54) is 16.8 Å². The minimum Gasteiger partial charge on any atom is -0.345 e. The van der Waals surface area contributed by atoms with Crippen LogP contribution in [0.3, 0.4) is 0 Å². The Morgan fingerprint density at radius 1 is 1.12 bits per heavy atom. The van der Waals surface area contributed by atoms with Crippen LogP contribution < -0.4 is 0 Å². The van der Waals surface area contributed by atoms with Crippen LogP contribution in [0.5, 0.6) is 0 Å². The first-order valence-electron chi connectivity index (χ1n) is 8.69. The van der Waals surface area contributed by atoms with Gasteiger partial charge in [-0.3, -0.25) is 4.79 Å². The number of carbonyl (C=O) groups excluding carboxylic acids is 1. The Morgan fingerprint density at radius 3 is 2.29 bits per heavy atom. The van der Waals surface area contributed by atoms with Crippen molar-refractivity contribution >= 4 is 5.91 Å². The number of benzene rings is 1. The summed E-state index contributed by atoms with van der Waals surface area (Å²) in [6.07, 6.45) is 2.09. The number of hydrogen-bond acceptors (Lipinski definition) is 1. The molecule has 1 aromatic carbocycles. The molecule has 130 valence electrons. The fourth-order valence-electron chi connectivity index (χ4n) is 2.73. The van der Waals surface area contributed by atoms with Crippen molar-refractivity contribution in [1.29, 1.82) is 0 Å². The fraction of sp³-hybridized carbons (Fsp3) is 0.476. The van der Waals surface area contributed by atoms with Gasteiger partial charge in [0.1, 0.15) is 0 Å². The van der Waals surface area contributed by atoms with Crippen molar-refractivity contribution in [1.82, 2.24) is 9.47 Å². The molecule has 0 saturated heterocycles. The molecule has 2 rings (SSSR count). The van der Waals surface area contributed by atoms with Crippen LogP contribution in [0.2, 0.25) is 0 Å². The van der Waals surface area contributed by atoms with E-state index in [2.05, 4.69) is 67.9 Å². The molecule has 0 spiro atoms. The molecule has 0 saturated carbocycles. The summed E-state index contributed by atoms with van der Waals surface area (Å²) in [4.78, 5) is 14.7. The molecule has 0 N–H and O–H groups in total. The predicted octanol–water partition coefficient (Wildman–Crippen LogP) is 4.63. The van der Waals surface area contributed by atoms with Gasteiger partial charge >= 0.3 is 0 Å². The Hall–Kier alpha value is -2.03. The van der Waals surface area contributed by atoms with Gasteiger partial charge in [-0.05, 0) is 38.5 Å². The summed E-state index contributed by atoms with van der Waals surface area (Å²) in [7, 11) is 0. The Balaban J connectivity index is 2.19. The van der Waals surface area contributed by atoms with Crippen LogP contribution in [0.4, 0.5) is 0 Å². The lowest BCUT2D eigenvalue weighted by atomic mass is 9.94. The van der Waals surface area contributed by atoms with Gasteiger partial charge in [0.15, 0.2) is 0 Å². The zero-order valence-electron chi connectivity index (χ0n) is 15.8. The molecule has 24 heavy (non-hydrogen) atoms. The Kier molecular flexibility index (Phi) is 5.53. The van der Waals surface area contributed by atoms with Crippen molar-refractivity contribution in [3.63, 3.8) is 0 Å². The fourth-order valence-corrected chi connectivity index (χ4v) is 2.73.